The van der Waals surface area contributed by atoms with E-state index in [1.165, 1.54) is 11.1 Å². The summed E-state index contributed by atoms with van der Waals surface area (Å²) in [5, 5.41) is 3.51. The Morgan fingerprint density at radius 3 is 2.56 bits per heavy atom. The van der Waals surface area contributed by atoms with Gasteiger partial charge in [0.25, 0.3) is 0 Å². The van der Waals surface area contributed by atoms with Gasteiger partial charge in [0.05, 0.1) is 13.2 Å². The average molecular weight is 251 g/mol. The molecule has 0 bridgehead atoms. The summed E-state index contributed by atoms with van der Waals surface area (Å²) in [6.07, 6.45) is 1.16. The van der Waals surface area contributed by atoms with Crippen LogP contribution in [0.5, 0.6) is 5.75 Å². The van der Waals surface area contributed by atoms with Crippen molar-refractivity contribution in [2.24, 2.45) is 0 Å². The number of rotatable bonds is 7. The van der Waals surface area contributed by atoms with E-state index in [1.54, 1.807) is 14.2 Å². The molecule has 1 rings (SSSR count). The van der Waals surface area contributed by atoms with E-state index in [4.69, 9.17) is 9.47 Å². The van der Waals surface area contributed by atoms with Gasteiger partial charge in [-0.3, -0.25) is 0 Å². The van der Waals surface area contributed by atoms with Crippen molar-refractivity contribution >= 4 is 0 Å². The molecule has 18 heavy (non-hydrogen) atoms. The fourth-order valence-corrected chi connectivity index (χ4v) is 2.12. The highest BCUT2D eigenvalue weighted by Gasteiger charge is 2.18. The van der Waals surface area contributed by atoms with Gasteiger partial charge in [0.1, 0.15) is 5.75 Å². The highest BCUT2D eigenvalue weighted by Crippen LogP contribution is 2.29. The zero-order valence-corrected chi connectivity index (χ0v) is 12.1. The van der Waals surface area contributed by atoms with Crippen molar-refractivity contribution in [1.82, 2.24) is 5.32 Å². The first kappa shape index (κ1) is 15.0. The molecule has 1 aromatic rings. The Balaban J connectivity index is 2.99. The maximum absolute atomic E-state index is 5.46. The molecule has 2 unspecified atom stereocenters. The van der Waals surface area contributed by atoms with Crippen LogP contribution in [0.25, 0.3) is 0 Å². The first-order valence-electron chi connectivity index (χ1n) is 6.53. The van der Waals surface area contributed by atoms with Crippen molar-refractivity contribution in [3.63, 3.8) is 0 Å². The molecule has 0 saturated heterocycles. The minimum atomic E-state index is 0.222. The van der Waals surface area contributed by atoms with Gasteiger partial charge in [0, 0.05) is 18.7 Å². The third kappa shape index (κ3) is 4.00. The highest BCUT2D eigenvalue weighted by atomic mass is 16.5. The van der Waals surface area contributed by atoms with Crippen LogP contribution in [-0.4, -0.2) is 26.9 Å². The molecule has 3 heteroatoms. The molecule has 0 aliphatic rings. The van der Waals surface area contributed by atoms with Gasteiger partial charge in [0.15, 0.2) is 0 Å². The summed E-state index contributed by atoms with van der Waals surface area (Å²) in [5.41, 5.74) is 2.46. The molecule has 0 amide bonds. The van der Waals surface area contributed by atoms with Crippen LogP contribution in [0.15, 0.2) is 18.2 Å². The first-order chi connectivity index (χ1) is 8.62. The average Bonchev–Trinajstić information content (AvgIpc) is 2.38. The lowest BCUT2D eigenvalue weighted by atomic mass is 9.98. The third-order valence-corrected chi connectivity index (χ3v) is 3.18. The van der Waals surface area contributed by atoms with E-state index in [1.807, 2.05) is 6.07 Å². The minimum absolute atomic E-state index is 0.222. The SMILES string of the molecule is CCNC(CC(C)OC)c1cc(C)ccc1OC. The number of nitrogens with one attached hydrogen (secondary N) is 1. The van der Waals surface area contributed by atoms with E-state index in [9.17, 15) is 0 Å². The summed E-state index contributed by atoms with van der Waals surface area (Å²) in [5.74, 6) is 0.940. The zero-order chi connectivity index (χ0) is 13.5. The Morgan fingerprint density at radius 2 is 2.00 bits per heavy atom. The second-order valence-corrected chi connectivity index (χ2v) is 4.64. The van der Waals surface area contributed by atoms with Gasteiger partial charge >= 0.3 is 0 Å². The van der Waals surface area contributed by atoms with Crippen LogP contribution in [-0.2, 0) is 4.74 Å². The topological polar surface area (TPSA) is 30.5 Å². The molecular weight excluding hydrogens is 226 g/mol. The normalized spacial score (nSPS) is 14.3. The Hall–Kier alpha value is -1.06. The lowest BCUT2D eigenvalue weighted by Gasteiger charge is -2.23. The molecule has 0 heterocycles. The predicted octanol–water partition coefficient (Wildman–Crippen LogP) is 3.08. The summed E-state index contributed by atoms with van der Waals surface area (Å²) in [7, 11) is 3.47. The van der Waals surface area contributed by atoms with Crippen molar-refractivity contribution in [2.45, 2.75) is 39.3 Å². The molecule has 0 radical (unpaired) electrons. The van der Waals surface area contributed by atoms with Gasteiger partial charge in [-0.15, -0.1) is 0 Å². The lowest BCUT2D eigenvalue weighted by Crippen LogP contribution is -2.25. The van der Waals surface area contributed by atoms with Gasteiger partial charge in [-0.1, -0.05) is 24.6 Å². The Bertz CT molecular complexity index is 366. The number of hydrogen-bond acceptors (Lipinski definition) is 3. The van der Waals surface area contributed by atoms with Gasteiger partial charge in [-0.2, -0.15) is 0 Å². The van der Waals surface area contributed by atoms with Gasteiger partial charge in [-0.25, -0.2) is 0 Å². The molecule has 0 aromatic heterocycles. The summed E-state index contributed by atoms with van der Waals surface area (Å²) in [6.45, 7) is 7.24. The summed E-state index contributed by atoms with van der Waals surface area (Å²) in [4.78, 5) is 0. The number of benzene rings is 1. The number of aryl methyl sites for hydroxylation is 1. The van der Waals surface area contributed by atoms with Gasteiger partial charge < -0.3 is 14.8 Å². The van der Waals surface area contributed by atoms with Crippen LogP contribution >= 0.6 is 0 Å². The zero-order valence-electron chi connectivity index (χ0n) is 12.1. The molecule has 3 nitrogen and oxygen atoms in total. The van der Waals surface area contributed by atoms with Crippen LogP contribution in [0.1, 0.15) is 37.4 Å². The molecule has 0 fully saturated rings. The fraction of sp³-hybridized carbons (Fsp3) is 0.600. The Kier molecular flexibility index (Phi) is 6.16. The molecule has 1 N–H and O–H groups in total. The van der Waals surface area contributed by atoms with E-state index in [-0.39, 0.29) is 12.1 Å². The van der Waals surface area contributed by atoms with Crippen molar-refractivity contribution in [3.8, 4) is 5.75 Å². The standard InChI is InChI=1S/C15H25NO2/c1-6-16-14(10-12(3)17-4)13-9-11(2)7-8-15(13)18-5/h7-9,12,14,16H,6,10H2,1-5H3. The largest absolute Gasteiger partial charge is 0.496 e. The molecule has 1 aromatic carbocycles. The van der Waals surface area contributed by atoms with Crippen molar-refractivity contribution < 1.29 is 9.47 Å². The molecule has 0 saturated carbocycles. The maximum Gasteiger partial charge on any atom is 0.123 e. The number of methoxy groups -OCH3 is 2. The summed E-state index contributed by atoms with van der Waals surface area (Å²) >= 11 is 0. The molecular formula is C15H25NO2. The first-order valence-corrected chi connectivity index (χ1v) is 6.53. The molecule has 2 atom stereocenters. The van der Waals surface area contributed by atoms with Crippen LogP contribution in [0.2, 0.25) is 0 Å². The van der Waals surface area contributed by atoms with E-state index in [2.05, 4.69) is 38.2 Å². The van der Waals surface area contributed by atoms with Crippen molar-refractivity contribution in [2.75, 3.05) is 20.8 Å². The van der Waals surface area contributed by atoms with Gasteiger partial charge in [-0.05, 0) is 32.9 Å². The lowest BCUT2D eigenvalue weighted by molar-refractivity contribution is 0.100. The van der Waals surface area contributed by atoms with Crippen LogP contribution < -0.4 is 10.1 Å². The van der Waals surface area contributed by atoms with E-state index >= 15 is 0 Å². The van der Waals surface area contributed by atoms with Crippen LogP contribution in [0.3, 0.4) is 0 Å². The summed E-state index contributed by atoms with van der Waals surface area (Å²) < 4.78 is 10.8. The van der Waals surface area contributed by atoms with Crippen LogP contribution in [0.4, 0.5) is 0 Å². The monoisotopic (exact) mass is 251 g/mol. The Labute approximate surface area is 110 Å². The molecule has 0 aliphatic carbocycles. The van der Waals surface area contributed by atoms with Crippen LogP contribution in [0, 0.1) is 6.92 Å². The van der Waals surface area contributed by atoms with E-state index in [0.717, 1.165) is 18.7 Å². The maximum atomic E-state index is 5.46. The minimum Gasteiger partial charge on any atom is -0.496 e. The van der Waals surface area contributed by atoms with E-state index in [0.29, 0.717) is 0 Å². The second-order valence-electron chi connectivity index (χ2n) is 4.64. The summed E-state index contributed by atoms with van der Waals surface area (Å²) in [6, 6.07) is 6.56. The number of hydrogen-bond donors (Lipinski definition) is 1. The third-order valence-electron chi connectivity index (χ3n) is 3.18. The van der Waals surface area contributed by atoms with Gasteiger partial charge in [0.2, 0.25) is 0 Å². The smallest absolute Gasteiger partial charge is 0.123 e. The van der Waals surface area contributed by atoms with E-state index < -0.39 is 0 Å². The second kappa shape index (κ2) is 7.39. The fourth-order valence-electron chi connectivity index (χ4n) is 2.12. The molecule has 102 valence electrons. The highest BCUT2D eigenvalue weighted by molar-refractivity contribution is 5.39. The number of ether oxygens (including phenoxy) is 2. The quantitative estimate of drug-likeness (QED) is 0.808. The van der Waals surface area contributed by atoms with Crippen molar-refractivity contribution in [1.29, 1.82) is 0 Å². The van der Waals surface area contributed by atoms with Crippen molar-refractivity contribution in [3.05, 3.63) is 29.3 Å². The molecule has 0 aliphatic heterocycles. The predicted molar refractivity (Wildman–Crippen MR) is 75.2 cm³/mol. The molecule has 0 spiro atoms. The Morgan fingerprint density at radius 1 is 1.28 bits per heavy atom.